The molecule has 146 valence electrons. The number of hydrogen-bond acceptors (Lipinski definition) is 2. The summed E-state index contributed by atoms with van der Waals surface area (Å²) in [6, 6.07) is 15.6. The molecule has 0 spiro atoms. The molecule has 0 radical (unpaired) electrons. The first kappa shape index (κ1) is 20.4. The van der Waals surface area contributed by atoms with Crippen molar-refractivity contribution in [3.8, 4) is 11.1 Å². The first-order chi connectivity index (χ1) is 13.1. The third kappa shape index (κ3) is 3.91. The van der Waals surface area contributed by atoms with Gasteiger partial charge in [0.05, 0.1) is 5.60 Å². The maximum atomic E-state index is 12.3. The molecule has 0 aliphatic rings. The van der Waals surface area contributed by atoms with Crippen LogP contribution < -0.4 is 0 Å². The minimum absolute atomic E-state index is 0.605. The SMILES string of the molecule is Cc1c(C(OC(C)(C)C)C(=O)O)c(-c2ccc(Cl)cc2)c2ccccc2c1C. The summed E-state index contributed by atoms with van der Waals surface area (Å²) < 4.78 is 6.03. The van der Waals surface area contributed by atoms with E-state index in [4.69, 9.17) is 16.3 Å². The smallest absolute Gasteiger partial charge is 0.337 e. The molecule has 4 heteroatoms. The number of hydrogen-bond donors (Lipinski definition) is 1. The van der Waals surface area contributed by atoms with Gasteiger partial charge in [-0.15, -0.1) is 0 Å². The average Bonchev–Trinajstić information content (AvgIpc) is 2.63. The Morgan fingerprint density at radius 3 is 2.07 bits per heavy atom. The molecule has 0 heterocycles. The van der Waals surface area contributed by atoms with Gasteiger partial charge in [0.25, 0.3) is 0 Å². The molecule has 1 unspecified atom stereocenters. The van der Waals surface area contributed by atoms with E-state index in [1.54, 1.807) is 0 Å². The first-order valence-corrected chi connectivity index (χ1v) is 9.66. The summed E-state index contributed by atoms with van der Waals surface area (Å²) in [6.07, 6.45) is -1.08. The molecule has 0 aliphatic carbocycles. The van der Waals surface area contributed by atoms with Crippen molar-refractivity contribution in [2.45, 2.75) is 46.3 Å². The molecular weight excluding hydrogens is 372 g/mol. The summed E-state index contributed by atoms with van der Waals surface area (Å²) >= 11 is 6.09. The average molecular weight is 397 g/mol. The van der Waals surface area contributed by atoms with Gasteiger partial charge in [0.15, 0.2) is 6.10 Å². The number of carboxylic acids is 1. The molecule has 0 aromatic heterocycles. The lowest BCUT2D eigenvalue weighted by molar-refractivity contribution is -0.160. The Hall–Kier alpha value is -2.36. The van der Waals surface area contributed by atoms with Crippen LogP contribution in [0.2, 0.25) is 5.02 Å². The van der Waals surface area contributed by atoms with Crippen molar-refractivity contribution in [2.24, 2.45) is 0 Å². The minimum atomic E-state index is -1.08. The van der Waals surface area contributed by atoms with Crippen molar-refractivity contribution in [3.05, 3.63) is 70.2 Å². The summed E-state index contributed by atoms with van der Waals surface area (Å²) in [4.78, 5) is 12.3. The third-order valence-corrected chi connectivity index (χ3v) is 5.18. The van der Waals surface area contributed by atoms with Gasteiger partial charge in [-0.3, -0.25) is 0 Å². The molecule has 28 heavy (non-hydrogen) atoms. The number of carboxylic acid groups (broad SMARTS) is 1. The van der Waals surface area contributed by atoms with E-state index in [-0.39, 0.29) is 0 Å². The number of carbonyl (C=O) groups is 1. The number of halogens is 1. The van der Waals surface area contributed by atoms with Crippen LogP contribution in [0.15, 0.2) is 48.5 Å². The molecule has 0 bridgehead atoms. The van der Waals surface area contributed by atoms with Crippen LogP contribution in [0.1, 0.15) is 43.6 Å². The summed E-state index contributed by atoms with van der Waals surface area (Å²) in [6.45, 7) is 9.61. The number of ether oxygens (including phenoxy) is 1. The number of aliphatic carboxylic acids is 1. The third-order valence-electron chi connectivity index (χ3n) is 4.93. The molecule has 0 aliphatic heterocycles. The monoisotopic (exact) mass is 396 g/mol. The zero-order valence-electron chi connectivity index (χ0n) is 16.8. The minimum Gasteiger partial charge on any atom is -0.479 e. The van der Waals surface area contributed by atoms with E-state index in [1.165, 1.54) is 0 Å². The Kier molecular flexibility index (Phi) is 5.51. The summed E-state index contributed by atoms with van der Waals surface area (Å²) in [5, 5.41) is 12.8. The van der Waals surface area contributed by atoms with E-state index in [0.29, 0.717) is 10.6 Å². The molecule has 1 N–H and O–H groups in total. The Balaban J connectivity index is 2.43. The van der Waals surface area contributed by atoms with Gasteiger partial charge < -0.3 is 9.84 Å². The number of rotatable bonds is 4. The predicted molar refractivity (Wildman–Crippen MR) is 115 cm³/mol. The lowest BCUT2D eigenvalue weighted by atomic mass is 9.84. The van der Waals surface area contributed by atoms with Crippen molar-refractivity contribution in [1.29, 1.82) is 0 Å². The maximum Gasteiger partial charge on any atom is 0.337 e. The maximum absolute atomic E-state index is 12.3. The highest BCUT2D eigenvalue weighted by atomic mass is 35.5. The van der Waals surface area contributed by atoms with Gasteiger partial charge in [-0.1, -0.05) is 48.0 Å². The second kappa shape index (κ2) is 7.57. The van der Waals surface area contributed by atoms with Crippen LogP contribution in [0, 0.1) is 13.8 Å². The molecule has 3 nitrogen and oxygen atoms in total. The second-order valence-corrected chi connectivity index (χ2v) is 8.48. The fourth-order valence-corrected chi connectivity index (χ4v) is 3.73. The standard InChI is InChI=1S/C24H25ClO3/c1-14-15(2)20(22(23(26)27)28-24(3,4)5)21(16-10-12-17(25)13-11-16)19-9-7-6-8-18(14)19/h6-13,22H,1-5H3,(H,26,27). The molecule has 3 aromatic carbocycles. The Bertz CT molecular complexity index is 1030. The van der Waals surface area contributed by atoms with Gasteiger partial charge in [-0.25, -0.2) is 4.79 Å². The van der Waals surface area contributed by atoms with Gasteiger partial charge in [0.2, 0.25) is 0 Å². The van der Waals surface area contributed by atoms with E-state index in [0.717, 1.165) is 33.0 Å². The number of benzene rings is 3. The summed E-state index contributed by atoms with van der Waals surface area (Å²) in [7, 11) is 0. The Morgan fingerprint density at radius 2 is 1.54 bits per heavy atom. The number of aryl methyl sites for hydroxylation is 1. The van der Waals surface area contributed by atoms with Crippen molar-refractivity contribution in [1.82, 2.24) is 0 Å². The van der Waals surface area contributed by atoms with E-state index in [9.17, 15) is 9.90 Å². The van der Waals surface area contributed by atoms with Crippen LogP contribution >= 0.6 is 11.6 Å². The van der Waals surface area contributed by atoms with Gasteiger partial charge in [-0.05, 0) is 79.8 Å². The Labute approximate surface area is 170 Å². The zero-order chi connectivity index (χ0) is 20.6. The highest BCUT2D eigenvalue weighted by molar-refractivity contribution is 6.30. The fraction of sp³-hybridized carbons (Fsp3) is 0.292. The second-order valence-electron chi connectivity index (χ2n) is 8.04. The van der Waals surface area contributed by atoms with Crippen LogP contribution in [0.4, 0.5) is 0 Å². The van der Waals surface area contributed by atoms with E-state index >= 15 is 0 Å². The van der Waals surface area contributed by atoms with Crippen LogP contribution in [0.25, 0.3) is 21.9 Å². The molecule has 0 saturated carbocycles. The van der Waals surface area contributed by atoms with Gasteiger partial charge in [-0.2, -0.15) is 0 Å². The van der Waals surface area contributed by atoms with E-state index in [1.807, 2.05) is 77.1 Å². The molecular formula is C24H25ClO3. The quantitative estimate of drug-likeness (QED) is 0.532. The molecule has 0 saturated heterocycles. The topological polar surface area (TPSA) is 46.5 Å². The highest BCUT2D eigenvalue weighted by Gasteiger charge is 2.32. The van der Waals surface area contributed by atoms with E-state index < -0.39 is 17.7 Å². The van der Waals surface area contributed by atoms with Gasteiger partial charge in [0.1, 0.15) is 0 Å². The van der Waals surface area contributed by atoms with Crippen molar-refractivity contribution < 1.29 is 14.6 Å². The summed E-state index contributed by atoms with van der Waals surface area (Å²) in [5.74, 6) is -0.997. The Morgan fingerprint density at radius 1 is 0.964 bits per heavy atom. The van der Waals surface area contributed by atoms with E-state index in [2.05, 4.69) is 6.07 Å². The van der Waals surface area contributed by atoms with Crippen molar-refractivity contribution in [2.75, 3.05) is 0 Å². The first-order valence-electron chi connectivity index (χ1n) is 9.28. The van der Waals surface area contributed by atoms with Crippen LogP contribution in [0.3, 0.4) is 0 Å². The largest absolute Gasteiger partial charge is 0.479 e. The van der Waals surface area contributed by atoms with Crippen molar-refractivity contribution >= 4 is 28.3 Å². The summed E-state index contributed by atoms with van der Waals surface area (Å²) in [5.41, 5.74) is 3.88. The lowest BCUT2D eigenvalue weighted by Crippen LogP contribution is -2.28. The normalized spacial score (nSPS) is 12.9. The predicted octanol–water partition coefficient (Wildman–Crippen LogP) is 6.72. The molecule has 3 rings (SSSR count). The highest BCUT2D eigenvalue weighted by Crippen LogP contribution is 2.42. The molecule has 0 fully saturated rings. The zero-order valence-corrected chi connectivity index (χ0v) is 17.6. The van der Waals surface area contributed by atoms with Crippen LogP contribution in [-0.2, 0) is 9.53 Å². The van der Waals surface area contributed by atoms with Crippen LogP contribution in [0.5, 0.6) is 0 Å². The fourth-order valence-electron chi connectivity index (χ4n) is 3.61. The molecule has 1 atom stereocenters. The molecule has 3 aromatic rings. The van der Waals surface area contributed by atoms with Crippen molar-refractivity contribution in [3.63, 3.8) is 0 Å². The van der Waals surface area contributed by atoms with Crippen LogP contribution in [-0.4, -0.2) is 16.7 Å². The van der Waals surface area contributed by atoms with Gasteiger partial charge in [0, 0.05) is 10.6 Å². The lowest BCUT2D eigenvalue weighted by Gasteiger charge is -2.29. The van der Waals surface area contributed by atoms with Gasteiger partial charge >= 0.3 is 5.97 Å². The molecule has 0 amide bonds. The number of fused-ring (bicyclic) bond motifs is 1.